The van der Waals surface area contributed by atoms with Gasteiger partial charge in [0.2, 0.25) is 5.75 Å². The molecule has 1 atom stereocenters. The van der Waals surface area contributed by atoms with Gasteiger partial charge in [-0.05, 0) is 36.1 Å². The van der Waals surface area contributed by atoms with Crippen LogP contribution in [0.1, 0.15) is 18.5 Å². The normalized spacial score (nSPS) is 12.0. The molecular weight excluding hydrogens is 326 g/mol. The molecule has 0 bridgehead atoms. The predicted molar refractivity (Wildman–Crippen MR) is 95.6 cm³/mol. The van der Waals surface area contributed by atoms with Crippen molar-refractivity contribution in [1.82, 2.24) is 9.97 Å². The zero-order chi connectivity index (χ0) is 17.1. The van der Waals surface area contributed by atoms with Gasteiger partial charge in [-0.15, -0.1) is 11.3 Å². The van der Waals surface area contributed by atoms with Gasteiger partial charge < -0.3 is 19.5 Å². The lowest BCUT2D eigenvalue weighted by atomic mass is 10.1. The smallest absolute Gasteiger partial charge is 0.203 e. The molecule has 0 aliphatic rings. The molecule has 0 radical (unpaired) electrons. The Kier molecular flexibility index (Phi) is 4.71. The quantitative estimate of drug-likeness (QED) is 0.731. The van der Waals surface area contributed by atoms with Gasteiger partial charge in [0.05, 0.1) is 32.8 Å². The van der Waals surface area contributed by atoms with Crippen LogP contribution in [-0.2, 0) is 0 Å². The van der Waals surface area contributed by atoms with Crippen LogP contribution >= 0.6 is 11.3 Å². The predicted octanol–water partition coefficient (Wildman–Crippen LogP) is 3.89. The number of hydrogen-bond donors (Lipinski definition) is 1. The number of aromatic nitrogens is 2. The molecule has 2 heterocycles. The van der Waals surface area contributed by atoms with Gasteiger partial charge in [0, 0.05) is 0 Å². The first kappa shape index (κ1) is 16.3. The van der Waals surface area contributed by atoms with Gasteiger partial charge in [-0.3, -0.25) is 0 Å². The van der Waals surface area contributed by atoms with Crippen LogP contribution in [-0.4, -0.2) is 31.3 Å². The van der Waals surface area contributed by atoms with Gasteiger partial charge in [0.1, 0.15) is 17.0 Å². The van der Waals surface area contributed by atoms with Gasteiger partial charge in [-0.25, -0.2) is 9.97 Å². The number of anilines is 1. The highest BCUT2D eigenvalue weighted by atomic mass is 32.1. The summed E-state index contributed by atoms with van der Waals surface area (Å²) in [5.74, 6) is 2.65. The molecule has 0 unspecified atom stereocenters. The van der Waals surface area contributed by atoms with E-state index in [2.05, 4.69) is 22.2 Å². The summed E-state index contributed by atoms with van der Waals surface area (Å²) in [5.41, 5.74) is 1.01. The second-order valence-corrected chi connectivity index (χ2v) is 6.08. The Morgan fingerprint density at radius 2 is 1.75 bits per heavy atom. The molecule has 126 valence electrons. The summed E-state index contributed by atoms with van der Waals surface area (Å²) in [6, 6.07) is 5.89. The second kappa shape index (κ2) is 6.92. The first-order chi connectivity index (χ1) is 11.7. The fourth-order valence-corrected chi connectivity index (χ4v) is 3.28. The minimum Gasteiger partial charge on any atom is -0.493 e. The van der Waals surface area contributed by atoms with E-state index in [1.807, 2.05) is 23.6 Å². The minimum absolute atomic E-state index is 0.00305. The number of nitrogens with one attached hydrogen (secondary N) is 1. The zero-order valence-corrected chi connectivity index (χ0v) is 14.8. The van der Waals surface area contributed by atoms with Crippen molar-refractivity contribution in [1.29, 1.82) is 0 Å². The van der Waals surface area contributed by atoms with Crippen LogP contribution in [0.25, 0.3) is 10.2 Å². The molecule has 0 spiro atoms. The van der Waals surface area contributed by atoms with Crippen molar-refractivity contribution in [3.63, 3.8) is 0 Å². The molecule has 3 rings (SSSR count). The van der Waals surface area contributed by atoms with Crippen molar-refractivity contribution in [2.75, 3.05) is 26.6 Å². The van der Waals surface area contributed by atoms with Crippen LogP contribution in [0.2, 0.25) is 0 Å². The van der Waals surface area contributed by atoms with Gasteiger partial charge in [-0.2, -0.15) is 0 Å². The minimum atomic E-state index is -0.00305. The highest BCUT2D eigenvalue weighted by Crippen LogP contribution is 2.40. The number of benzene rings is 1. The maximum atomic E-state index is 5.42. The number of fused-ring (bicyclic) bond motifs is 1. The molecule has 24 heavy (non-hydrogen) atoms. The fraction of sp³-hybridized carbons (Fsp3) is 0.294. The summed E-state index contributed by atoms with van der Waals surface area (Å²) >= 11 is 1.59. The Balaban J connectivity index is 1.95. The molecule has 0 amide bonds. The summed E-state index contributed by atoms with van der Waals surface area (Å²) in [4.78, 5) is 9.59. The van der Waals surface area contributed by atoms with Crippen molar-refractivity contribution in [3.05, 3.63) is 35.5 Å². The average molecular weight is 345 g/mol. The van der Waals surface area contributed by atoms with Crippen molar-refractivity contribution < 1.29 is 14.2 Å². The van der Waals surface area contributed by atoms with Gasteiger partial charge in [0.25, 0.3) is 0 Å². The largest absolute Gasteiger partial charge is 0.493 e. The lowest BCUT2D eigenvalue weighted by Crippen LogP contribution is -2.09. The monoisotopic (exact) mass is 345 g/mol. The summed E-state index contributed by atoms with van der Waals surface area (Å²) < 4.78 is 16.2. The van der Waals surface area contributed by atoms with Crippen LogP contribution in [0.4, 0.5) is 5.82 Å². The van der Waals surface area contributed by atoms with E-state index in [1.165, 1.54) is 0 Å². The van der Waals surface area contributed by atoms with Crippen LogP contribution in [0.3, 0.4) is 0 Å². The molecule has 0 fully saturated rings. The van der Waals surface area contributed by atoms with E-state index in [-0.39, 0.29) is 6.04 Å². The third kappa shape index (κ3) is 2.94. The maximum Gasteiger partial charge on any atom is 0.203 e. The molecule has 0 saturated heterocycles. The van der Waals surface area contributed by atoms with E-state index in [1.54, 1.807) is 39.0 Å². The van der Waals surface area contributed by atoms with Crippen molar-refractivity contribution in [3.8, 4) is 17.2 Å². The fourth-order valence-electron chi connectivity index (χ4n) is 2.54. The summed E-state index contributed by atoms with van der Waals surface area (Å²) in [6.45, 7) is 2.06. The topological polar surface area (TPSA) is 65.5 Å². The molecule has 0 aliphatic carbocycles. The molecule has 1 aromatic carbocycles. The standard InChI is InChI=1S/C17H19N3O3S/c1-10(20-16-12-5-6-24-17(12)19-9-18-16)11-7-13(21-2)15(23-4)14(8-11)22-3/h5-10H,1-4H3,(H,18,19,20)/t10-/m1/s1. The number of hydrogen-bond acceptors (Lipinski definition) is 7. The van der Waals surface area contributed by atoms with Crippen LogP contribution in [0.5, 0.6) is 17.2 Å². The molecule has 2 aromatic heterocycles. The molecule has 1 N–H and O–H groups in total. The SMILES string of the molecule is COc1cc([C@@H](C)Nc2ncnc3sccc23)cc(OC)c1OC. The van der Waals surface area contributed by atoms with Crippen molar-refractivity contribution in [2.24, 2.45) is 0 Å². The molecule has 0 saturated carbocycles. The third-order valence-corrected chi connectivity index (χ3v) is 4.62. The van der Waals surface area contributed by atoms with E-state index < -0.39 is 0 Å². The average Bonchev–Trinajstić information content (AvgIpc) is 3.10. The summed E-state index contributed by atoms with van der Waals surface area (Å²) in [7, 11) is 4.81. The van der Waals surface area contributed by atoms with E-state index in [0.717, 1.165) is 21.6 Å². The number of ether oxygens (including phenoxy) is 3. The molecule has 0 aliphatic heterocycles. The lowest BCUT2D eigenvalue weighted by Gasteiger charge is -2.19. The highest BCUT2D eigenvalue weighted by molar-refractivity contribution is 7.16. The van der Waals surface area contributed by atoms with Crippen molar-refractivity contribution >= 4 is 27.4 Å². The lowest BCUT2D eigenvalue weighted by molar-refractivity contribution is 0.323. The number of methoxy groups -OCH3 is 3. The Labute approximate surface area is 144 Å². The van der Waals surface area contributed by atoms with Crippen LogP contribution in [0, 0.1) is 0 Å². The van der Waals surface area contributed by atoms with Crippen LogP contribution < -0.4 is 19.5 Å². The Bertz CT molecular complexity index is 825. The van der Waals surface area contributed by atoms with Gasteiger partial charge >= 0.3 is 0 Å². The second-order valence-electron chi connectivity index (χ2n) is 5.19. The zero-order valence-electron chi connectivity index (χ0n) is 14.0. The molecule has 6 nitrogen and oxygen atoms in total. The molecule has 7 heteroatoms. The first-order valence-electron chi connectivity index (χ1n) is 7.42. The summed E-state index contributed by atoms with van der Waals surface area (Å²) in [5, 5.41) is 6.46. The Morgan fingerprint density at radius 1 is 1.04 bits per heavy atom. The van der Waals surface area contributed by atoms with E-state index in [9.17, 15) is 0 Å². The van der Waals surface area contributed by atoms with Crippen LogP contribution in [0.15, 0.2) is 29.9 Å². The van der Waals surface area contributed by atoms with Gasteiger partial charge in [-0.1, -0.05) is 0 Å². The molecule has 3 aromatic rings. The number of rotatable bonds is 6. The Morgan fingerprint density at radius 3 is 2.38 bits per heavy atom. The number of thiophene rings is 1. The summed E-state index contributed by atoms with van der Waals surface area (Å²) in [6.07, 6.45) is 1.57. The van der Waals surface area contributed by atoms with E-state index >= 15 is 0 Å². The molecular formula is C17H19N3O3S. The Hall–Kier alpha value is -2.54. The van der Waals surface area contributed by atoms with Crippen molar-refractivity contribution in [2.45, 2.75) is 13.0 Å². The van der Waals surface area contributed by atoms with E-state index in [4.69, 9.17) is 14.2 Å². The maximum absolute atomic E-state index is 5.42. The van der Waals surface area contributed by atoms with Gasteiger partial charge in [0.15, 0.2) is 11.5 Å². The van der Waals surface area contributed by atoms with E-state index in [0.29, 0.717) is 17.2 Å². The first-order valence-corrected chi connectivity index (χ1v) is 8.30. The third-order valence-electron chi connectivity index (χ3n) is 3.80. The highest BCUT2D eigenvalue weighted by Gasteiger charge is 2.17. The number of nitrogens with zero attached hydrogens (tertiary/aromatic N) is 2.